The molecule has 1 unspecified atom stereocenters. The van der Waals surface area contributed by atoms with Crippen molar-refractivity contribution in [3.63, 3.8) is 0 Å². The Balaban J connectivity index is 4.15. The van der Waals surface area contributed by atoms with Crippen LogP contribution in [-0.4, -0.2) is 24.4 Å². The van der Waals surface area contributed by atoms with Crippen LogP contribution in [0.4, 0.5) is 0 Å². The molecule has 1 atom stereocenters. The highest BCUT2D eigenvalue weighted by Gasteiger charge is 2.30. The van der Waals surface area contributed by atoms with E-state index < -0.39 is 11.6 Å². The maximum Gasteiger partial charge on any atom is 0.110 e. The smallest absolute Gasteiger partial charge is 0.110 e. The lowest BCUT2D eigenvalue weighted by atomic mass is 9.83. The molecule has 0 spiro atoms. The third-order valence-electron chi connectivity index (χ3n) is 2.14. The van der Waals surface area contributed by atoms with Crippen LogP contribution in [0.3, 0.4) is 0 Å². The van der Waals surface area contributed by atoms with E-state index in [0.29, 0.717) is 19.5 Å². The minimum absolute atomic E-state index is 0.331. The number of rotatable bonds is 4. The fourth-order valence-corrected chi connectivity index (χ4v) is 0.823. The molecule has 10 heavy (non-hydrogen) atoms. The number of aliphatic hydroxyl groups is 1. The van der Waals surface area contributed by atoms with Crippen LogP contribution < -0.4 is 17.2 Å². The minimum Gasteiger partial charge on any atom is -0.378 e. The van der Waals surface area contributed by atoms with Crippen molar-refractivity contribution in [1.82, 2.24) is 0 Å². The van der Waals surface area contributed by atoms with E-state index in [0.717, 1.165) is 0 Å². The van der Waals surface area contributed by atoms with Crippen LogP contribution in [0.2, 0.25) is 0 Å². The zero-order valence-electron chi connectivity index (χ0n) is 6.38. The first-order valence-electron chi connectivity index (χ1n) is 3.46. The second kappa shape index (κ2) is 3.88. The largest absolute Gasteiger partial charge is 0.378 e. The van der Waals surface area contributed by atoms with Gasteiger partial charge < -0.3 is 22.3 Å². The Morgan fingerprint density at radius 1 is 1.40 bits per heavy atom. The van der Waals surface area contributed by atoms with E-state index in [1.165, 1.54) is 0 Å². The molecule has 0 saturated heterocycles. The Labute approximate surface area is 61.4 Å². The van der Waals surface area contributed by atoms with Gasteiger partial charge in [0.15, 0.2) is 0 Å². The summed E-state index contributed by atoms with van der Waals surface area (Å²) in [4.78, 5) is 0. The Hall–Kier alpha value is -0.160. The summed E-state index contributed by atoms with van der Waals surface area (Å²) < 4.78 is 0. The molecule has 0 radical (unpaired) electrons. The van der Waals surface area contributed by atoms with Gasteiger partial charge in [0.1, 0.15) is 6.23 Å². The summed E-state index contributed by atoms with van der Waals surface area (Å²) in [5.41, 5.74) is 15.6. The molecule has 7 N–H and O–H groups in total. The quantitative estimate of drug-likeness (QED) is 0.367. The van der Waals surface area contributed by atoms with Crippen molar-refractivity contribution in [2.24, 2.45) is 22.6 Å². The molecule has 0 bridgehead atoms. The Kier molecular flexibility index (Phi) is 3.81. The molecule has 0 aromatic heterocycles. The van der Waals surface area contributed by atoms with E-state index in [2.05, 4.69) is 0 Å². The van der Waals surface area contributed by atoms with Crippen molar-refractivity contribution in [2.75, 3.05) is 13.1 Å². The molecule has 62 valence electrons. The SMILES string of the molecule is CCC(CN)(CN)C(N)O. The molecular formula is C6H17N3O. The second-order valence-corrected chi connectivity index (χ2v) is 2.57. The summed E-state index contributed by atoms with van der Waals surface area (Å²) in [5.74, 6) is 0. The van der Waals surface area contributed by atoms with Gasteiger partial charge in [-0.15, -0.1) is 0 Å². The summed E-state index contributed by atoms with van der Waals surface area (Å²) in [7, 11) is 0. The predicted octanol–water partition coefficient (Wildman–Crippen LogP) is -1.42. The van der Waals surface area contributed by atoms with Gasteiger partial charge >= 0.3 is 0 Å². The average Bonchev–Trinajstić information content (AvgIpc) is 1.92. The standard InChI is InChI=1S/C6H17N3O/c1-2-6(3-7,4-8)5(9)10/h5,10H,2-4,7-9H2,1H3. The first-order valence-corrected chi connectivity index (χ1v) is 3.46. The number of hydrogen-bond donors (Lipinski definition) is 4. The van der Waals surface area contributed by atoms with Gasteiger partial charge in [0.2, 0.25) is 0 Å². The lowest BCUT2D eigenvalue weighted by Gasteiger charge is -2.32. The molecule has 0 aliphatic carbocycles. The van der Waals surface area contributed by atoms with Gasteiger partial charge in [0, 0.05) is 18.5 Å². The normalized spacial score (nSPS) is 15.3. The highest BCUT2D eigenvalue weighted by molar-refractivity contribution is 4.83. The molecule has 0 amide bonds. The van der Waals surface area contributed by atoms with Gasteiger partial charge in [0.05, 0.1) is 0 Å². The number of hydrogen-bond acceptors (Lipinski definition) is 4. The van der Waals surface area contributed by atoms with E-state index in [1.54, 1.807) is 0 Å². The van der Waals surface area contributed by atoms with Crippen LogP contribution >= 0.6 is 0 Å². The van der Waals surface area contributed by atoms with Crippen LogP contribution in [0.1, 0.15) is 13.3 Å². The van der Waals surface area contributed by atoms with E-state index in [9.17, 15) is 0 Å². The summed E-state index contributed by atoms with van der Waals surface area (Å²) in [6.07, 6.45) is -0.204. The van der Waals surface area contributed by atoms with Crippen molar-refractivity contribution < 1.29 is 5.11 Å². The van der Waals surface area contributed by atoms with Crippen LogP contribution in [0.25, 0.3) is 0 Å². The van der Waals surface area contributed by atoms with Crippen molar-refractivity contribution in [1.29, 1.82) is 0 Å². The monoisotopic (exact) mass is 147 g/mol. The third kappa shape index (κ3) is 1.67. The molecule has 0 rings (SSSR count). The van der Waals surface area contributed by atoms with Crippen LogP contribution in [0.5, 0.6) is 0 Å². The first-order chi connectivity index (χ1) is 4.63. The van der Waals surface area contributed by atoms with Crippen molar-refractivity contribution in [3.8, 4) is 0 Å². The van der Waals surface area contributed by atoms with E-state index in [1.807, 2.05) is 6.92 Å². The van der Waals surface area contributed by atoms with Crippen LogP contribution in [-0.2, 0) is 0 Å². The number of nitrogens with two attached hydrogens (primary N) is 3. The van der Waals surface area contributed by atoms with Crippen LogP contribution in [0.15, 0.2) is 0 Å². The third-order valence-corrected chi connectivity index (χ3v) is 2.14. The van der Waals surface area contributed by atoms with Gasteiger partial charge in [-0.3, -0.25) is 0 Å². The Morgan fingerprint density at radius 2 is 1.80 bits per heavy atom. The van der Waals surface area contributed by atoms with E-state index >= 15 is 0 Å². The molecular weight excluding hydrogens is 130 g/mol. The van der Waals surface area contributed by atoms with Gasteiger partial charge in [0.25, 0.3) is 0 Å². The van der Waals surface area contributed by atoms with E-state index in [4.69, 9.17) is 22.3 Å². The highest BCUT2D eigenvalue weighted by atomic mass is 16.3. The molecule has 0 fully saturated rings. The topological polar surface area (TPSA) is 98.3 Å². The lowest BCUT2D eigenvalue weighted by molar-refractivity contribution is 0.0383. The molecule has 4 heteroatoms. The van der Waals surface area contributed by atoms with E-state index in [-0.39, 0.29) is 0 Å². The number of aliphatic hydroxyl groups excluding tert-OH is 1. The highest BCUT2D eigenvalue weighted by Crippen LogP contribution is 2.20. The van der Waals surface area contributed by atoms with Gasteiger partial charge in [-0.25, -0.2) is 0 Å². The van der Waals surface area contributed by atoms with Gasteiger partial charge in [-0.05, 0) is 6.42 Å². The lowest BCUT2D eigenvalue weighted by Crippen LogP contribution is -2.51. The molecule has 0 aromatic carbocycles. The summed E-state index contributed by atoms with van der Waals surface area (Å²) in [6.45, 7) is 2.57. The summed E-state index contributed by atoms with van der Waals surface area (Å²) >= 11 is 0. The molecule has 0 heterocycles. The zero-order chi connectivity index (χ0) is 8.20. The Morgan fingerprint density at radius 3 is 1.80 bits per heavy atom. The maximum absolute atomic E-state index is 9.08. The van der Waals surface area contributed by atoms with Gasteiger partial charge in [-0.2, -0.15) is 0 Å². The predicted molar refractivity (Wildman–Crippen MR) is 41.0 cm³/mol. The minimum atomic E-state index is -0.910. The van der Waals surface area contributed by atoms with Crippen molar-refractivity contribution in [3.05, 3.63) is 0 Å². The zero-order valence-corrected chi connectivity index (χ0v) is 6.38. The maximum atomic E-state index is 9.08. The molecule has 0 aliphatic heterocycles. The summed E-state index contributed by atoms with van der Waals surface area (Å²) in [6, 6.07) is 0. The Bertz CT molecular complexity index is 82.7. The fraction of sp³-hybridized carbons (Fsp3) is 1.00. The van der Waals surface area contributed by atoms with Gasteiger partial charge in [-0.1, -0.05) is 6.92 Å². The molecule has 0 aliphatic rings. The fourth-order valence-electron chi connectivity index (χ4n) is 0.823. The van der Waals surface area contributed by atoms with Crippen molar-refractivity contribution >= 4 is 0 Å². The molecule has 0 aromatic rings. The molecule has 0 saturated carbocycles. The van der Waals surface area contributed by atoms with Crippen LogP contribution in [0, 0.1) is 5.41 Å². The second-order valence-electron chi connectivity index (χ2n) is 2.57. The first kappa shape index (κ1) is 9.84. The summed E-state index contributed by atoms with van der Waals surface area (Å²) in [5, 5.41) is 9.08. The average molecular weight is 147 g/mol. The molecule has 4 nitrogen and oxygen atoms in total. The van der Waals surface area contributed by atoms with Crippen molar-refractivity contribution in [2.45, 2.75) is 19.6 Å².